The standard InChI is InChI=1S/C26H34N2O6.C5H10O2.2C5H12O/c1-2-3-20-4-7-24(31)22(16-20)18-27(12-14-29)10-11-28(13-15-30)19-23-17-21(5-8-25(23)32)6-9-26(33)34;1-5(2,3)7-4-6;2*1-5(2,3)6-4/h4-5,7-8,14-17,31-32H,2-3,6,9-13,18-19H2,1H3,(H,33,34);4H,1-3H3;2*1-4H3. The number of aldehydes is 2. The predicted octanol–water partition coefficient (Wildman–Crippen LogP) is 6.59. The Balaban J connectivity index is 0. The lowest BCUT2D eigenvalue weighted by molar-refractivity contribution is -0.139. The summed E-state index contributed by atoms with van der Waals surface area (Å²) in [5.41, 5.74) is 3.05. The molecule has 0 saturated carbocycles. The van der Waals surface area contributed by atoms with Gasteiger partial charge in [0.25, 0.3) is 6.47 Å². The number of methoxy groups -OCH3 is 2. The Kier molecular flexibility index (Phi) is 26.0. The average Bonchev–Trinajstić information content (AvgIpc) is 3.05. The van der Waals surface area contributed by atoms with Gasteiger partial charge < -0.3 is 39.1 Å². The van der Waals surface area contributed by atoms with Crippen molar-refractivity contribution in [3.05, 3.63) is 58.7 Å². The van der Waals surface area contributed by atoms with E-state index in [0.717, 1.165) is 42.1 Å². The third kappa shape index (κ3) is 29.3. The summed E-state index contributed by atoms with van der Waals surface area (Å²) in [6.07, 6.45) is 3.85. The van der Waals surface area contributed by atoms with E-state index in [2.05, 4.69) is 11.7 Å². The molecule has 0 aliphatic rings. The predicted molar refractivity (Wildman–Crippen MR) is 209 cm³/mol. The number of hydrogen-bond donors (Lipinski definition) is 3. The molecule has 0 radical (unpaired) electrons. The summed E-state index contributed by atoms with van der Waals surface area (Å²) in [5.74, 6) is -0.625. The van der Waals surface area contributed by atoms with Crippen LogP contribution in [0.1, 0.15) is 104 Å². The molecule has 0 atom stereocenters. The van der Waals surface area contributed by atoms with E-state index < -0.39 is 5.97 Å². The molecule has 0 fully saturated rings. The summed E-state index contributed by atoms with van der Waals surface area (Å²) in [4.78, 5) is 46.7. The number of aliphatic carboxylic acids is 1. The Hall–Kier alpha value is -3.84. The lowest BCUT2D eigenvalue weighted by Crippen LogP contribution is -2.36. The van der Waals surface area contributed by atoms with Crippen molar-refractivity contribution in [3.8, 4) is 11.5 Å². The van der Waals surface area contributed by atoms with Gasteiger partial charge in [0.2, 0.25) is 0 Å². The van der Waals surface area contributed by atoms with Crippen molar-refractivity contribution < 1.29 is 48.7 Å². The molecule has 0 unspecified atom stereocenters. The van der Waals surface area contributed by atoms with E-state index in [-0.39, 0.29) is 47.8 Å². The minimum absolute atomic E-state index is 0.00474. The molecule has 12 heteroatoms. The quantitative estimate of drug-likeness (QED) is 0.149. The monoisotopic (exact) mass is 748 g/mol. The number of aryl methyl sites for hydroxylation is 2. The van der Waals surface area contributed by atoms with Crippen LogP contribution in [0.25, 0.3) is 0 Å². The largest absolute Gasteiger partial charge is 0.508 e. The molecule has 0 aliphatic heterocycles. The average molecular weight is 749 g/mol. The number of benzene rings is 2. The van der Waals surface area contributed by atoms with Gasteiger partial charge in [-0.25, -0.2) is 0 Å². The first-order chi connectivity index (χ1) is 24.5. The molecule has 0 spiro atoms. The maximum atomic E-state index is 11.3. The van der Waals surface area contributed by atoms with Crippen LogP contribution in [0.3, 0.4) is 0 Å². The Morgan fingerprint density at radius 3 is 1.32 bits per heavy atom. The van der Waals surface area contributed by atoms with Gasteiger partial charge in [-0.15, -0.1) is 0 Å². The molecular formula is C41H68N2O10. The molecule has 0 heterocycles. The molecule has 0 bridgehead atoms. The van der Waals surface area contributed by atoms with E-state index in [4.69, 9.17) is 14.6 Å². The van der Waals surface area contributed by atoms with Gasteiger partial charge in [-0.3, -0.25) is 19.4 Å². The zero-order chi connectivity index (χ0) is 41.3. The van der Waals surface area contributed by atoms with Gasteiger partial charge in [-0.2, -0.15) is 0 Å². The first-order valence-corrected chi connectivity index (χ1v) is 17.9. The minimum atomic E-state index is -0.890. The number of carboxylic acids is 1. The first kappa shape index (κ1) is 51.3. The molecule has 0 amide bonds. The number of phenolic OH excluding ortho intramolecular Hbond substituents is 2. The second-order valence-electron chi connectivity index (χ2n) is 15.3. The van der Waals surface area contributed by atoms with E-state index in [9.17, 15) is 29.4 Å². The highest BCUT2D eigenvalue weighted by Gasteiger charge is 2.15. The van der Waals surface area contributed by atoms with Crippen molar-refractivity contribution in [1.82, 2.24) is 9.80 Å². The number of aromatic hydroxyl groups is 2. The second kappa shape index (κ2) is 26.9. The highest BCUT2D eigenvalue weighted by molar-refractivity contribution is 5.67. The molecule has 2 rings (SSSR count). The van der Waals surface area contributed by atoms with Gasteiger partial charge in [-0.05, 0) is 98.4 Å². The summed E-state index contributed by atoms with van der Waals surface area (Å²) in [6.45, 7) is 22.1. The van der Waals surface area contributed by atoms with Gasteiger partial charge in [0, 0.05) is 57.9 Å². The molecule has 3 N–H and O–H groups in total. The van der Waals surface area contributed by atoms with Crippen molar-refractivity contribution >= 4 is 25.0 Å². The van der Waals surface area contributed by atoms with Gasteiger partial charge >= 0.3 is 5.97 Å². The number of carboxylic acid groups (broad SMARTS) is 1. The van der Waals surface area contributed by atoms with Gasteiger partial charge in [0.05, 0.1) is 24.3 Å². The maximum absolute atomic E-state index is 11.3. The fourth-order valence-electron chi connectivity index (χ4n) is 3.97. The number of ether oxygens (including phenoxy) is 3. The van der Waals surface area contributed by atoms with E-state index >= 15 is 0 Å². The Morgan fingerprint density at radius 2 is 1.06 bits per heavy atom. The molecule has 2 aromatic rings. The van der Waals surface area contributed by atoms with Crippen molar-refractivity contribution in [1.29, 1.82) is 0 Å². The highest BCUT2D eigenvalue weighted by atomic mass is 16.5. The number of hydrogen-bond acceptors (Lipinski definition) is 11. The van der Waals surface area contributed by atoms with Crippen LogP contribution in [-0.4, -0.2) is 107 Å². The Bertz CT molecular complexity index is 1310. The third-order valence-electron chi connectivity index (χ3n) is 7.27. The number of rotatable bonds is 17. The van der Waals surface area contributed by atoms with E-state index in [1.165, 1.54) is 6.07 Å². The second-order valence-corrected chi connectivity index (χ2v) is 15.3. The number of nitrogens with zero attached hydrogens (tertiary/aromatic N) is 2. The van der Waals surface area contributed by atoms with E-state index in [0.29, 0.717) is 44.6 Å². The summed E-state index contributed by atoms with van der Waals surface area (Å²) >= 11 is 0. The summed E-state index contributed by atoms with van der Waals surface area (Å²) in [5, 5.41) is 29.4. The van der Waals surface area contributed by atoms with E-state index in [1.54, 1.807) is 32.4 Å². The van der Waals surface area contributed by atoms with Gasteiger partial charge in [0.1, 0.15) is 29.7 Å². The number of carbonyl (C=O) groups is 4. The number of phenols is 2. The van der Waals surface area contributed by atoms with Crippen LogP contribution >= 0.6 is 0 Å². The molecule has 0 aliphatic carbocycles. The van der Waals surface area contributed by atoms with Crippen LogP contribution in [0, 0.1) is 0 Å². The van der Waals surface area contributed by atoms with Gasteiger partial charge in [-0.1, -0.05) is 37.6 Å². The highest BCUT2D eigenvalue weighted by Crippen LogP contribution is 2.23. The Morgan fingerprint density at radius 1 is 0.679 bits per heavy atom. The van der Waals surface area contributed by atoms with Crippen molar-refractivity contribution in [2.45, 2.75) is 125 Å². The molecular weight excluding hydrogens is 680 g/mol. The smallest absolute Gasteiger partial charge is 0.303 e. The van der Waals surface area contributed by atoms with Gasteiger partial charge in [0.15, 0.2) is 0 Å². The lowest BCUT2D eigenvalue weighted by Gasteiger charge is -2.26. The van der Waals surface area contributed by atoms with Crippen molar-refractivity contribution in [3.63, 3.8) is 0 Å². The van der Waals surface area contributed by atoms with E-state index in [1.807, 2.05) is 84.2 Å². The molecule has 53 heavy (non-hydrogen) atoms. The van der Waals surface area contributed by atoms with Crippen LogP contribution in [0.5, 0.6) is 11.5 Å². The number of carbonyl (C=O) groups excluding carboxylic acids is 3. The first-order valence-electron chi connectivity index (χ1n) is 17.9. The molecule has 302 valence electrons. The molecule has 2 aromatic carbocycles. The fourth-order valence-corrected chi connectivity index (χ4v) is 3.97. The summed E-state index contributed by atoms with van der Waals surface area (Å²) < 4.78 is 14.4. The SMILES string of the molecule is CC(C)(C)OC=O.CCCc1ccc(O)c(CN(CC=O)CCN(CC=O)Cc2cc(CCC(=O)O)ccc2O)c1.COC(C)(C)C.COC(C)(C)C. The fraction of sp³-hybridized carbons (Fsp3) is 0.610. The summed E-state index contributed by atoms with van der Waals surface area (Å²) in [6, 6.07) is 10.5. The van der Waals surface area contributed by atoms with Crippen LogP contribution in [0.2, 0.25) is 0 Å². The van der Waals surface area contributed by atoms with Crippen LogP contribution in [-0.2, 0) is 59.3 Å². The topological polar surface area (TPSA) is 163 Å². The normalized spacial score (nSPS) is 11.3. The lowest BCUT2D eigenvalue weighted by atomic mass is 10.0. The zero-order valence-electron chi connectivity index (χ0n) is 34.4. The van der Waals surface area contributed by atoms with Crippen LogP contribution in [0.4, 0.5) is 0 Å². The minimum Gasteiger partial charge on any atom is -0.508 e. The molecule has 12 nitrogen and oxygen atoms in total. The molecule has 0 saturated heterocycles. The third-order valence-corrected chi connectivity index (χ3v) is 7.27. The molecule has 0 aromatic heterocycles. The Labute approximate surface area is 318 Å². The van der Waals surface area contributed by atoms with Crippen molar-refractivity contribution in [2.24, 2.45) is 0 Å². The van der Waals surface area contributed by atoms with Crippen LogP contribution < -0.4 is 0 Å². The van der Waals surface area contributed by atoms with Crippen molar-refractivity contribution in [2.75, 3.05) is 40.4 Å². The van der Waals surface area contributed by atoms with Crippen LogP contribution in [0.15, 0.2) is 36.4 Å². The maximum Gasteiger partial charge on any atom is 0.303 e. The zero-order valence-corrected chi connectivity index (χ0v) is 34.4. The summed E-state index contributed by atoms with van der Waals surface area (Å²) in [7, 11) is 3.42.